The summed E-state index contributed by atoms with van der Waals surface area (Å²) in [4.78, 5) is 25.8. The summed E-state index contributed by atoms with van der Waals surface area (Å²) >= 11 is 0. The number of ether oxygens (including phenoxy) is 1. The van der Waals surface area contributed by atoms with Crippen LogP contribution in [0.5, 0.6) is 5.75 Å². The SMILES string of the molecule is COc1cc2c(cc1CN1CC3CCC1CN(C(=O)c1cnccn1)C3)CCC2. The number of amides is 1. The molecular weight excluding hydrogens is 364 g/mol. The summed E-state index contributed by atoms with van der Waals surface area (Å²) in [5.74, 6) is 1.53. The minimum Gasteiger partial charge on any atom is -0.496 e. The second-order valence-electron chi connectivity index (χ2n) is 8.61. The largest absolute Gasteiger partial charge is 0.496 e. The molecule has 0 radical (unpaired) electrons. The van der Waals surface area contributed by atoms with E-state index in [4.69, 9.17) is 4.74 Å². The van der Waals surface area contributed by atoms with Crippen molar-refractivity contribution >= 4 is 5.91 Å². The third-order valence-corrected chi connectivity index (χ3v) is 6.76. The number of piperidine rings is 1. The third-order valence-electron chi connectivity index (χ3n) is 6.76. The lowest BCUT2D eigenvalue weighted by molar-refractivity contribution is 0.0729. The average Bonchev–Trinajstić information content (AvgIpc) is 3.02. The Morgan fingerprint density at radius 1 is 1.14 bits per heavy atom. The Labute approximate surface area is 171 Å². The lowest BCUT2D eigenvalue weighted by Crippen LogP contribution is -2.44. The van der Waals surface area contributed by atoms with E-state index in [0.717, 1.165) is 38.3 Å². The van der Waals surface area contributed by atoms with Gasteiger partial charge in [-0.1, -0.05) is 6.07 Å². The van der Waals surface area contributed by atoms with E-state index in [1.807, 2.05) is 4.90 Å². The molecule has 2 unspecified atom stereocenters. The van der Waals surface area contributed by atoms with Gasteiger partial charge in [-0.25, -0.2) is 4.98 Å². The molecule has 2 atom stereocenters. The quantitative estimate of drug-likeness (QED) is 0.801. The molecule has 1 aliphatic carbocycles. The van der Waals surface area contributed by atoms with Crippen molar-refractivity contribution in [1.29, 1.82) is 0 Å². The smallest absolute Gasteiger partial charge is 0.274 e. The molecule has 6 heteroatoms. The maximum atomic E-state index is 12.9. The number of benzene rings is 1. The molecule has 3 saturated heterocycles. The number of fused-ring (bicyclic) bond motifs is 5. The lowest BCUT2D eigenvalue weighted by Gasteiger charge is -2.36. The van der Waals surface area contributed by atoms with Crippen molar-refractivity contribution < 1.29 is 9.53 Å². The zero-order valence-corrected chi connectivity index (χ0v) is 17.0. The molecule has 1 amide bonds. The Morgan fingerprint density at radius 3 is 2.79 bits per heavy atom. The number of nitrogens with zero attached hydrogens (tertiary/aromatic N) is 4. The Balaban J connectivity index is 1.35. The van der Waals surface area contributed by atoms with Crippen LogP contribution < -0.4 is 4.74 Å². The average molecular weight is 393 g/mol. The topological polar surface area (TPSA) is 58.6 Å². The molecule has 4 aliphatic rings. The summed E-state index contributed by atoms with van der Waals surface area (Å²) in [6.07, 6.45) is 10.7. The summed E-state index contributed by atoms with van der Waals surface area (Å²) in [5.41, 5.74) is 4.66. The van der Waals surface area contributed by atoms with Crippen molar-refractivity contribution in [1.82, 2.24) is 19.8 Å². The molecule has 2 aromatic rings. The molecule has 1 aromatic carbocycles. The van der Waals surface area contributed by atoms with Crippen LogP contribution in [0.2, 0.25) is 0 Å². The lowest BCUT2D eigenvalue weighted by atomic mass is 9.94. The number of carbonyl (C=O) groups is 1. The maximum absolute atomic E-state index is 12.9. The monoisotopic (exact) mass is 392 g/mol. The zero-order chi connectivity index (χ0) is 19.8. The minimum absolute atomic E-state index is 0.00645. The molecule has 6 rings (SSSR count). The van der Waals surface area contributed by atoms with Crippen LogP contribution in [-0.4, -0.2) is 58.5 Å². The van der Waals surface area contributed by atoms with Gasteiger partial charge in [0.25, 0.3) is 5.91 Å². The predicted molar refractivity (Wildman–Crippen MR) is 110 cm³/mol. The van der Waals surface area contributed by atoms with E-state index < -0.39 is 0 Å². The Hall–Kier alpha value is -2.47. The Bertz CT molecular complexity index is 901. The van der Waals surface area contributed by atoms with Gasteiger partial charge in [-0.15, -0.1) is 0 Å². The molecule has 0 N–H and O–H groups in total. The number of aromatic nitrogens is 2. The molecule has 0 spiro atoms. The maximum Gasteiger partial charge on any atom is 0.274 e. The first-order chi connectivity index (χ1) is 14.2. The molecule has 152 valence electrons. The zero-order valence-electron chi connectivity index (χ0n) is 17.0. The standard InChI is InChI=1S/C23H28N4O2/c1-29-22-10-18-4-2-3-17(18)9-19(22)14-26-12-16-5-6-20(26)15-27(13-16)23(28)21-11-24-7-8-25-21/h7-11,16,20H,2-6,12-15H2,1H3. The molecule has 3 aliphatic heterocycles. The highest BCUT2D eigenvalue weighted by molar-refractivity contribution is 5.92. The highest BCUT2D eigenvalue weighted by Crippen LogP contribution is 2.34. The van der Waals surface area contributed by atoms with E-state index in [-0.39, 0.29) is 5.91 Å². The van der Waals surface area contributed by atoms with E-state index in [2.05, 4.69) is 27.0 Å². The van der Waals surface area contributed by atoms with Crippen molar-refractivity contribution in [3.8, 4) is 5.75 Å². The Kier molecular flexibility index (Phi) is 4.96. The normalized spacial score (nSPS) is 23.7. The predicted octanol–water partition coefficient (Wildman–Crippen LogP) is 2.71. The van der Waals surface area contributed by atoms with Gasteiger partial charge in [0, 0.05) is 50.2 Å². The molecule has 2 bridgehead atoms. The van der Waals surface area contributed by atoms with Crippen molar-refractivity contribution in [3.05, 3.63) is 53.1 Å². The number of hydrogen-bond donors (Lipinski definition) is 0. The number of rotatable bonds is 4. The minimum atomic E-state index is 0.00645. The van der Waals surface area contributed by atoms with Gasteiger partial charge in [0.05, 0.1) is 13.3 Å². The molecule has 0 saturated carbocycles. The third kappa shape index (κ3) is 3.62. The number of methoxy groups -OCH3 is 1. The van der Waals surface area contributed by atoms with E-state index in [9.17, 15) is 4.79 Å². The fourth-order valence-corrected chi connectivity index (χ4v) is 5.29. The first-order valence-corrected chi connectivity index (χ1v) is 10.7. The molecule has 3 fully saturated rings. The Morgan fingerprint density at radius 2 is 2.00 bits per heavy atom. The highest BCUT2D eigenvalue weighted by Gasteiger charge is 2.37. The molecule has 6 nitrogen and oxygen atoms in total. The first-order valence-electron chi connectivity index (χ1n) is 10.7. The molecule has 29 heavy (non-hydrogen) atoms. The van der Waals surface area contributed by atoms with Crippen LogP contribution in [0.25, 0.3) is 0 Å². The number of carbonyl (C=O) groups excluding carboxylic acids is 1. The van der Waals surface area contributed by atoms with Gasteiger partial charge < -0.3 is 9.64 Å². The van der Waals surface area contributed by atoms with Crippen molar-refractivity contribution in [2.24, 2.45) is 5.92 Å². The van der Waals surface area contributed by atoms with Crippen LogP contribution >= 0.6 is 0 Å². The van der Waals surface area contributed by atoms with E-state index >= 15 is 0 Å². The second kappa shape index (κ2) is 7.75. The number of aryl methyl sites for hydroxylation is 2. The highest BCUT2D eigenvalue weighted by atomic mass is 16.5. The van der Waals surface area contributed by atoms with Crippen LogP contribution in [0.15, 0.2) is 30.7 Å². The van der Waals surface area contributed by atoms with Crippen LogP contribution in [0, 0.1) is 5.92 Å². The van der Waals surface area contributed by atoms with Gasteiger partial charge in [-0.05, 0) is 55.2 Å². The van der Waals surface area contributed by atoms with E-state index in [1.54, 1.807) is 25.7 Å². The van der Waals surface area contributed by atoms with Gasteiger partial charge in [-0.3, -0.25) is 14.7 Å². The molecular formula is C23H28N4O2. The van der Waals surface area contributed by atoms with Crippen molar-refractivity contribution in [2.45, 2.75) is 44.7 Å². The number of hydrogen-bond acceptors (Lipinski definition) is 5. The van der Waals surface area contributed by atoms with Gasteiger partial charge in [0.15, 0.2) is 0 Å². The summed E-state index contributed by atoms with van der Waals surface area (Å²) in [6, 6.07) is 4.99. The summed E-state index contributed by atoms with van der Waals surface area (Å²) in [7, 11) is 1.77. The van der Waals surface area contributed by atoms with Gasteiger partial charge in [0.2, 0.25) is 0 Å². The fourth-order valence-electron chi connectivity index (χ4n) is 5.29. The van der Waals surface area contributed by atoms with Crippen molar-refractivity contribution in [2.75, 3.05) is 26.7 Å². The summed E-state index contributed by atoms with van der Waals surface area (Å²) in [5, 5.41) is 0. The van der Waals surface area contributed by atoms with E-state index in [1.165, 1.54) is 42.4 Å². The summed E-state index contributed by atoms with van der Waals surface area (Å²) in [6.45, 7) is 3.50. The van der Waals surface area contributed by atoms with Crippen LogP contribution in [0.4, 0.5) is 0 Å². The summed E-state index contributed by atoms with van der Waals surface area (Å²) < 4.78 is 5.73. The molecule has 4 heterocycles. The molecule has 1 aromatic heterocycles. The second-order valence-corrected chi connectivity index (χ2v) is 8.61. The van der Waals surface area contributed by atoms with E-state index in [0.29, 0.717) is 17.7 Å². The van der Waals surface area contributed by atoms with Gasteiger partial charge in [0.1, 0.15) is 11.4 Å². The van der Waals surface area contributed by atoms with Gasteiger partial charge in [-0.2, -0.15) is 0 Å². The van der Waals surface area contributed by atoms with Crippen LogP contribution in [-0.2, 0) is 19.4 Å². The first kappa shape index (κ1) is 18.6. The fraction of sp³-hybridized carbons (Fsp3) is 0.522. The van der Waals surface area contributed by atoms with Crippen molar-refractivity contribution in [3.63, 3.8) is 0 Å². The van der Waals surface area contributed by atoms with Crippen LogP contribution in [0.1, 0.15) is 46.4 Å². The van der Waals surface area contributed by atoms with Gasteiger partial charge >= 0.3 is 0 Å². The van der Waals surface area contributed by atoms with Crippen LogP contribution in [0.3, 0.4) is 0 Å².